The molecule has 2 nitrogen and oxygen atoms in total. The Labute approximate surface area is 155 Å². The Balaban J connectivity index is 4.87. The highest BCUT2D eigenvalue weighted by atomic mass is 127. The van der Waals surface area contributed by atoms with E-state index in [1.165, 1.54) is 10.8 Å². The first-order valence-electron chi connectivity index (χ1n) is 8.52. The zero-order chi connectivity index (χ0) is 17.8. The van der Waals surface area contributed by atoms with Crippen LogP contribution in [-0.2, 0) is 8.85 Å². The van der Waals surface area contributed by atoms with Crippen molar-refractivity contribution in [3.63, 3.8) is 0 Å². The van der Waals surface area contributed by atoms with Gasteiger partial charge in [0.1, 0.15) is 0 Å². The summed E-state index contributed by atoms with van der Waals surface area (Å²) in [6.07, 6.45) is 2.58. The maximum Gasteiger partial charge on any atom is 0.192 e. The molecule has 0 amide bonds. The summed E-state index contributed by atoms with van der Waals surface area (Å²) in [6, 6.07) is 0. The third-order valence-corrected chi connectivity index (χ3v) is 15.2. The van der Waals surface area contributed by atoms with Gasteiger partial charge in [-0.3, -0.25) is 0 Å². The number of hydrogen-bond acceptors (Lipinski definition) is 2. The molecule has 0 unspecified atom stereocenters. The third-order valence-electron chi connectivity index (χ3n) is 5.36. The Morgan fingerprint density at radius 2 is 1.32 bits per heavy atom. The van der Waals surface area contributed by atoms with Gasteiger partial charge in [0.15, 0.2) is 16.6 Å². The van der Waals surface area contributed by atoms with Crippen LogP contribution in [0.5, 0.6) is 0 Å². The second kappa shape index (κ2) is 8.45. The highest BCUT2D eigenvalue weighted by molar-refractivity contribution is 14.1. The number of rotatable bonds is 8. The van der Waals surface area contributed by atoms with Crippen molar-refractivity contribution >= 4 is 39.2 Å². The van der Waals surface area contributed by atoms with Gasteiger partial charge in [-0.1, -0.05) is 64.1 Å². The van der Waals surface area contributed by atoms with E-state index >= 15 is 0 Å². The van der Waals surface area contributed by atoms with Crippen molar-refractivity contribution in [2.45, 2.75) is 96.8 Å². The van der Waals surface area contributed by atoms with Gasteiger partial charge in [0.2, 0.25) is 0 Å². The van der Waals surface area contributed by atoms with Gasteiger partial charge < -0.3 is 8.85 Å². The monoisotopic (exact) mass is 458 g/mol. The van der Waals surface area contributed by atoms with Crippen LogP contribution in [0.4, 0.5) is 0 Å². The van der Waals surface area contributed by atoms with Crippen LogP contribution in [0.1, 0.15) is 54.4 Å². The molecule has 0 aliphatic rings. The van der Waals surface area contributed by atoms with E-state index in [0.29, 0.717) is 0 Å². The maximum atomic E-state index is 6.65. The molecule has 5 heteroatoms. The van der Waals surface area contributed by atoms with Crippen LogP contribution < -0.4 is 0 Å². The minimum atomic E-state index is -1.73. The quantitative estimate of drug-likeness (QED) is 0.231. The zero-order valence-corrected chi connectivity index (χ0v) is 20.8. The predicted molar refractivity (Wildman–Crippen MR) is 113 cm³/mol. The average Bonchev–Trinajstić information content (AvgIpc) is 2.29. The molecule has 0 aromatic carbocycles. The fourth-order valence-corrected chi connectivity index (χ4v) is 4.44. The van der Waals surface area contributed by atoms with E-state index in [1.54, 1.807) is 0 Å². The van der Waals surface area contributed by atoms with Gasteiger partial charge in [-0.05, 0) is 53.5 Å². The van der Waals surface area contributed by atoms with Gasteiger partial charge in [0.05, 0.1) is 12.7 Å². The first-order valence-corrected chi connectivity index (χ1v) is 15.9. The molecular weight excluding hydrogens is 419 g/mol. The van der Waals surface area contributed by atoms with Crippen molar-refractivity contribution in [3.05, 3.63) is 0 Å². The lowest BCUT2D eigenvalue weighted by Crippen LogP contribution is -2.47. The summed E-state index contributed by atoms with van der Waals surface area (Å²) in [4.78, 5) is 0. The van der Waals surface area contributed by atoms with Crippen LogP contribution in [0, 0.1) is 0 Å². The normalized spacial score (nSPS) is 16.0. The van der Waals surface area contributed by atoms with E-state index in [0.717, 1.165) is 13.0 Å². The van der Waals surface area contributed by atoms with E-state index in [4.69, 9.17) is 8.85 Å². The Hall–Kier alpha value is 1.08. The van der Waals surface area contributed by atoms with Crippen molar-refractivity contribution in [2.24, 2.45) is 0 Å². The van der Waals surface area contributed by atoms with E-state index in [-0.39, 0.29) is 16.2 Å². The van der Waals surface area contributed by atoms with E-state index < -0.39 is 16.6 Å². The van der Waals surface area contributed by atoms with Crippen LogP contribution in [0.15, 0.2) is 0 Å². The van der Waals surface area contributed by atoms with Crippen molar-refractivity contribution in [1.82, 2.24) is 0 Å². The Morgan fingerprint density at radius 3 is 1.68 bits per heavy atom. The molecule has 0 rings (SSSR count). The first kappa shape index (κ1) is 23.1. The Morgan fingerprint density at radius 1 is 0.864 bits per heavy atom. The van der Waals surface area contributed by atoms with E-state index in [1.807, 2.05) is 0 Å². The first-order chi connectivity index (χ1) is 9.64. The molecule has 0 N–H and O–H groups in total. The summed E-state index contributed by atoms with van der Waals surface area (Å²) < 4.78 is 14.3. The average molecular weight is 459 g/mol. The largest absolute Gasteiger partial charge is 0.414 e. The smallest absolute Gasteiger partial charge is 0.192 e. The zero-order valence-electron chi connectivity index (χ0n) is 16.6. The lowest BCUT2D eigenvalue weighted by Gasteiger charge is -2.41. The van der Waals surface area contributed by atoms with Crippen molar-refractivity contribution in [2.75, 3.05) is 11.0 Å². The molecule has 22 heavy (non-hydrogen) atoms. The van der Waals surface area contributed by atoms with E-state index in [2.05, 4.69) is 90.3 Å². The SMILES string of the molecule is CC(C)(C)[Si](C)(C)OC[C@H](CCCI)O[Si](C)(C)C(C)(C)C. The summed E-state index contributed by atoms with van der Waals surface area (Å²) in [5, 5.41) is 0.518. The minimum Gasteiger partial charge on any atom is -0.414 e. The van der Waals surface area contributed by atoms with Crippen LogP contribution >= 0.6 is 22.6 Å². The molecule has 134 valence electrons. The summed E-state index contributed by atoms with van der Waals surface area (Å²) in [5.74, 6) is 0. The molecular formula is C17H39IO2Si2. The molecule has 0 spiro atoms. The van der Waals surface area contributed by atoms with Crippen LogP contribution in [0.3, 0.4) is 0 Å². The molecule has 0 aliphatic carbocycles. The standard InChI is InChI=1S/C17H39IO2Si2/c1-16(2,3)21(7,8)19-14-15(12-11-13-18)20-22(9,10)17(4,5)6/h15H,11-14H2,1-10H3/t15-/m0/s1. The van der Waals surface area contributed by atoms with Crippen LogP contribution in [-0.4, -0.2) is 33.8 Å². The molecule has 1 atom stereocenters. The molecule has 0 heterocycles. The lowest BCUT2D eigenvalue weighted by molar-refractivity contribution is 0.100. The van der Waals surface area contributed by atoms with Gasteiger partial charge in [0.25, 0.3) is 0 Å². The summed E-state index contributed by atoms with van der Waals surface area (Å²) >= 11 is 2.46. The summed E-state index contributed by atoms with van der Waals surface area (Å²) in [6.45, 7) is 23.9. The van der Waals surface area contributed by atoms with Crippen molar-refractivity contribution in [1.29, 1.82) is 0 Å². The minimum absolute atomic E-state index is 0.254. The molecule has 0 saturated heterocycles. The van der Waals surface area contributed by atoms with Crippen molar-refractivity contribution in [3.8, 4) is 0 Å². The van der Waals surface area contributed by atoms with Gasteiger partial charge in [-0.2, -0.15) is 0 Å². The fraction of sp³-hybridized carbons (Fsp3) is 1.00. The molecule has 0 aromatic rings. The molecule has 0 bridgehead atoms. The van der Waals surface area contributed by atoms with Gasteiger partial charge >= 0.3 is 0 Å². The molecule has 0 saturated carbocycles. The molecule has 0 aromatic heterocycles. The summed E-state index contributed by atoms with van der Waals surface area (Å²) in [5.41, 5.74) is 0. The number of halogens is 1. The second-order valence-corrected chi connectivity index (χ2v) is 20.0. The molecule has 0 fully saturated rings. The lowest BCUT2D eigenvalue weighted by atomic mass is 10.2. The predicted octanol–water partition coefficient (Wildman–Crippen LogP) is 6.61. The highest BCUT2D eigenvalue weighted by Gasteiger charge is 2.41. The Kier molecular flexibility index (Phi) is 8.87. The van der Waals surface area contributed by atoms with Crippen molar-refractivity contribution < 1.29 is 8.85 Å². The topological polar surface area (TPSA) is 18.5 Å². The molecule has 0 radical (unpaired) electrons. The highest BCUT2D eigenvalue weighted by Crippen LogP contribution is 2.39. The number of alkyl halides is 1. The fourth-order valence-electron chi connectivity index (χ4n) is 1.59. The van der Waals surface area contributed by atoms with E-state index in [9.17, 15) is 0 Å². The Bertz CT molecular complexity index is 331. The maximum absolute atomic E-state index is 6.65. The van der Waals surface area contributed by atoms with Gasteiger partial charge in [-0.25, -0.2) is 0 Å². The summed E-state index contributed by atoms with van der Waals surface area (Å²) in [7, 11) is -3.42. The van der Waals surface area contributed by atoms with Crippen LogP contribution in [0.25, 0.3) is 0 Å². The number of hydrogen-bond donors (Lipinski definition) is 0. The third kappa shape index (κ3) is 7.32. The second-order valence-electron chi connectivity index (χ2n) is 9.40. The molecule has 0 aliphatic heterocycles. The van der Waals surface area contributed by atoms with Gasteiger partial charge in [0, 0.05) is 0 Å². The van der Waals surface area contributed by atoms with Gasteiger partial charge in [-0.15, -0.1) is 0 Å². The van der Waals surface area contributed by atoms with Crippen LogP contribution in [0.2, 0.25) is 36.3 Å².